The zero-order chi connectivity index (χ0) is 21.1. The van der Waals surface area contributed by atoms with Gasteiger partial charge in [0, 0.05) is 35.6 Å². The first-order valence-corrected chi connectivity index (χ1v) is 10.3. The maximum Gasteiger partial charge on any atom is 0.271 e. The van der Waals surface area contributed by atoms with Crippen molar-refractivity contribution in [2.45, 2.75) is 53.0 Å². The quantitative estimate of drug-likeness (QED) is 0.437. The van der Waals surface area contributed by atoms with E-state index in [1.54, 1.807) is 31.5 Å². The molecule has 0 bridgehead atoms. The molecule has 0 aliphatic heterocycles. The number of nitrogens with zero attached hydrogens (tertiary/aromatic N) is 3. The standard InChI is InChI=1S/C23H32N4O2/c1-4-6-15-27(16-7-5-2)17-20-9-8-10-21(22(20)28)18(3)25-26-23(29)19-11-13-24-14-12-19/h8-14,28H,4-7,15-17H2,1-3H3,(H,26,29)/b25-18-. The average Bonchev–Trinajstić information content (AvgIpc) is 2.75. The summed E-state index contributed by atoms with van der Waals surface area (Å²) in [6.45, 7) is 8.91. The molecule has 1 amide bonds. The van der Waals surface area contributed by atoms with Crippen molar-refractivity contribution in [3.63, 3.8) is 0 Å². The summed E-state index contributed by atoms with van der Waals surface area (Å²) in [7, 11) is 0. The van der Waals surface area contributed by atoms with E-state index in [0.29, 0.717) is 23.4 Å². The number of unbranched alkanes of at least 4 members (excludes halogenated alkanes) is 2. The molecular formula is C23H32N4O2. The Morgan fingerprint density at radius 1 is 1.10 bits per heavy atom. The third-order valence-electron chi connectivity index (χ3n) is 4.83. The molecule has 2 aromatic rings. The molecule has 0 radical (unpaired) electrons. The second kappa shape index (κ2) is 12.0. The van der Waals surface area contributed by atoms with Crippen LogP contribution in [0.5, 0.6) is 5.75 Å². The monoisotopic (exact) mass is 396 g/mol. The Balaban J connectivity index is 2.12. The van der Waals surface area contributed by atoms with E-state index < -0.39 is 0 Å². The lowest BCUT2D eigenvalue weighted by atomic mass is 10.0. The SMILES string of the molecule is CCCCN(CCCC)Cc1cccc(/C(C)=N\NC(=O)c2ccncc2)c1O. The predicted molar refractivity (Wildman–Crippen MR) is 117 cm³/mol. The van der Waals surface area contributed by atoms with Crippen LogP contribution < -0.4 is 5.43 Å². The van der Waals surface area contributed by atoms with Crippen LogP contribution in [-0.4, -0.2) is 39.7 Å². The number of pyridine rings is 1. The number of rotatable bonds is 11. The summed E-state index contributed by atoms with van der Waals surface area (Å²) in [4.78, 5) is 18.5. The van der Waals surface area contributed by atoms with E-state index in [4.69, 9.17) is 0 Å². The molecule has 0 saturated heterocycles. The lowest BCUT2D eigenvalue weighted by Crippen LogP contribution is -2.25. The molecule has 0 spiro atoms. The number of para-hydroxylation sites is 1. The van der Waals surface area contributed by atoms with Gasteiger partial charge in [-0.15, -0.1) is 0 Å². The van der Waals surface area contributed by atoms with Crippen molar-refractivity contribution >= 4 is 11.6 Å². The average molecular weight is 397 g/mol. The van der Waals surface area contributed by atoms with E-state index in [1.807, 2.05) is 18.2 Å². The van der Waals surface area contributed by atoms with Gasteiger partial charge in [-0.2, -0.15) is 5.10 Å². The third kappa shape index (κ3) is 6.98. The van der Waals surface area contributed by atoms with Gasteiger partial charge in [0.2, 0.25) is 0 Å². The predicted octanol–water partition coefficient (Wildman–Crippen LogP) is 4.34. The van der Waals surface area contributed by atoms with E-state index in [0.717, 1.165) is 44.3 Å². The lowest BCUT2D eigenvalue weighted by molar-refractivity contribution is 0.0954. The first-order valence-electron chi connectivity index (χ1n) is 10.3. The molecule has 1 heterocycles. The van der Waals surface area contributed by atoms with Crippen molar-refractivity contribution in [1.82, 2.24) is 15.3 Å². The van der Waals surface area contributed by atoms with Gasteiger partial charge in [-0.1, -0.05) is 38.8 Å². The number of aromatic nitrogens is 1. The molecule has 0 aliphatic rings. The molecule has 6 nitrogen and oxygen atoms in total. The molecule has 0 saturated carbocycles. The van der Waals surface area contributed by atoms with Gasteiger partial charge >= 0.3 is 0 Å². The molecule has 1 aromatic heterocycles. The van der Waals surface area contributed by atoms with Crippen molar-refractivity contribution in [3.8, 4) is 5.75 Å². The number of carbonyl (C=O) groups is 1. The number of amides is 1. The maximum absolute atomic E-state index is 12.2. The van der Waals surface area contributed by atoms with Crippen molar-refractivity contribution in [1.29, 1.82) is 0 Å². The van der Waals surface area contributed by atoms with Crippen LogP contribution in [0.1, 0.15) is 67.9 Å². The van der Waals surface area contributed by atoms with Crippen molar-refractivity contribution in [2.24, 2.45) is 5.10 Å². The molecule has 2 N–H and O–H groups in total. The van der Waals surface area contributed by atoms with Gasteiger partial charge in [-0.05, 0) is 51.1 Å². The number of phenolic OH excluding ortho intramolecular Hbond substituents is 1. The molecule has 1 aromatic carbocycles. The largest absolute Gasteiger partial charge is 0.507 e. The van der Waals surface area contributed by atoms with Crippen LogP contribution in [0, 0.1) is 0 Å². The number of aromatic hydroxyl groups is 1. The first kappa shape index (κ1) is 22.6. The molecule has 29 heavy (non-hydrogen) atoms. The second-order valence-electron chi connectivity index (χ2n) is 7.17. The van der Waals surface area contributed by atoms with E-state index in [2.05, 4.69) is 34.3 Å². The van der Waals surface area contributed by atoms with Crippen LogP contribution in [0.4, 0.5) is 0 Å². The highest BCUT2D eigenvalue weighted by Gasteiger charge is 2.13. The van der Waals surface area contributed by atoms with Gasteiger partial charge in [0.1, 0.15) is 5.75 Å². The number of benzene rings is 1. The molecule has 6 heteroatoms. The van der Waals surface area contributed by atoms with Crippen molar-refractivity contribution in [2.75, 3.05) is 13.1 Å². The summed E-state index contributed by atoms with van der Waals surface area (Å²) in [5.41, 5.74) is 5.09. The zero-order valence-electron chi connectivity index (χ0n) is 17.7. The normalized spacial score (nSPS) is 11.7. The highest BCUT2D eigenvalue weighted by Crippen LogP contribution is 2.25. The minimum absolute atomic E-state index is 0.227. The Kier molecular flexibility index (Phi) is 9.31. The summed E-state index contributed by atoms with van der Waals surface area (Å²) in [5.74, 6) is -0.0855. The summed E-state index contributed by atoms with van der Waals surface area (Å²) in [6, 6.07) is 8.94. The van der Waals surface area contributed by atoms with Crippen molar-refractivity contribution in [3.05, 3.63) is 59.4 Å². The van der Waals surface area contributed by atoms with Gasteiger partial charge in [-0.3, -0.25) is 14.7 Å². The summed E-state index contributed by atoms with van der Waals surface area (Å²) in [6.07, 6.45) is 7.71. The molecule has 0 aliphatic carbocycles. The minimum atomic E-state index is -0.312. The van der Waals surface area contributed by atoms with Gasteiger partial charge in [0.15, 0.2) is 0 Å². The third-order valence-corrected chi connectivity index (χ3v) is 4.83. The molecule has 0 unspecified atom stereocenters. The topological polar surface area (TPSA) is 77.8 Å². The van der Waals surface area contributed by atoms with Crippen LogP contribution in [0.3, 0.4) is 0 Å². The van der Waals surface area contributed by atoms with Crippen molar-refractivity contribution < 1.29 is 9.90 Å². The van der Waals surface area contributed by atoms with Crippen LogP contribution in [0.2, 0.25) is 0 Å². The smallest absolute Gasteiger partial charge is 0.271 e. The maximum atomic E-state index is 12.2. The number of nitrogens with one attached hydrogen (secondary N) is 1. The fourth-order valence-corrected chi connectivity index (χ4v) is 3.05. The van der Waals surface area contributed by atoms with Gasteiger partial charge in [0.05, 0.1) is 5.71 Å². The van der Waals surface area contributed by atoms with Crippen LogP contribution in [-0.2, 0) is 6.54 Å². The van der Waals surface area contributed by atoms with Gasteiger partial charge < -0.3 is 5.11 Å². The molecule has 0 fully saturated rings. The zero-order valence-corrected chi connectivity index (χ0v) is 17.7. The van der Waals surface area contributed by atoms with E-state index >= 15 is 0 Å². The lowest BCUT2D eigenvalue weighted by Gasteiger charge is -2.23. The summed E-state index contributed by atoms with van der Waals surface area (Å²) in [5, 5.41) is 15.0. The fourth-order valence-electron chi connectivity index (χ4n) is 3.05. The van der Waals surface area contributed by atoms with E-state index in [-0.39, 0.29) is 11.7 Å². The fraction of sp³-hybridized carbons (Fsp3) is 0.435. The van der Waals surface area contributed by atoms with Crippen LogP contribution in [0.15, 0.2) is 47.8 Å². The number of carbonyl (C=O) groups excluding carboxylic acids is 1. The number of phenols is 1. The van der Waals surface area contributed by atoms with Crippen LogP contribution >= 0.6 is 0 Å². The van der Waals surface area contributed by atoms with Gasteiger partial charge in [-0.25, -0.2) is 5.43 Å². The Labute approximate surface area is 173 Å². The Bertz CT molecular complexity index is 798. The highest BCUT2D eigenvalue weighted by atomic mass is 16.3. The summed E-state index contributed by atoms with van der Waals surface area (Å²) < 4.78 is 0. The molecule has 2 rings (SSSR count). The number of hydrazone groups is 1. The second-order valence-corrected chi connectivity index (χ2v) is 7.17. The Morgan fingerprint density at radius 2 is 1.76 bits per heavy atom. The highest BCUT2D eigenvalue weighted by molar-refractivity contribution is 6.02. The minimum Gasteiger partial charge on any atom is -0.507 e. The molecule has 0 atom stereocenters. The van der Waals surface area contributed by atoms with E-state index in [1.165, 1.54) is 0 Å². The number of hydrogen-bond acceptors (Lipinski definition) is 5. The summed E-state index contributed by atoms with van der Waals surface area (Å²) >= 11 is 0. The van der Waals surface area contributed by atoms with Crippen LogP contribution in [0.25, 0.3) is 0 Å². The Hall–Kier alpha value is -2.73. The number of hydrogen-bond donors (Lipinski definition) is 2. The Morgan fingerprint density at radius 3 is 2.38 bits per heavy atom. The van der Waals surface area contributed by atoms with Gasteiger partial charge in [0.25, 0.3) is 5.91 Å². The molecular weight excluding hydrogens is 364 g/mol. The molecule has 156 valence electrons. The first-order chi connectivity index (χ1) is 14.1. The van der Waals surface area contributed by atoms with E-state index in [9.17, 15) is 9.90 Å².